The van der Waals surface area contributed by atoms with Gasteiger partial charge in [-0.3, -0.25) is 0 Å². The van der Waals surface area contributed by atoms with E-state index in [0.717, 1.165) is 11.5 Å². The lowest BCUT2D eigenvalue weighted by molar-refractivity contribution is 0.600. The minimum absolute atomic E-state index is 0.303. The SMILES string of the molecule is CCC(C)NC(=S)NC1(C)CC1. The highest BCUT2D eigenvalue weighted by Gasteiger charge is 2.37. The molecule has 1 atom stereocenters. The summed E-state index contributed by atoms with van der Waals surface area (Å²) in [6.45, 7) is 6.50. The Morgan fingerprint density at radius 2 is 2.17 bits per heavy atom. The highest BCUT2D eigenvalue weighted by molar-refractivity contribution is 7.80. The molecular weight excluding hydrogens is 168 g/mol. The van der Waals surface area contributed by atoms with Crippen molar-refractivity contribution in [2.75, 3.05) is 0 Å². The van der Waals surface area contributed by atoms with Crippen molar-refractivity contribution in [1.82, 2.24) is 10.6 Å². The average Bonchev–Trinajstić information content (AvgIpc) is 2.67. The standard InChI is InChI=1S/C9H18N2S/c1-4-7(2)10-8(12)11-9(3)5-6-9/h7H,4-6H2,1-3H3,(H2,10,11,12). The largest absolute Gasteiger partial charge is 0.360 e. The summed E-state index contributed by atoms with van der Waals surface area (Å²) in [6, 6.07) is 0.479. The van der Waals surface area contributed by atoms with E-state index in [4.69, 9.17) is 12.2 Å². The Bertz CT molecular complexity index is 175. The van der Waals surface area contributed by atoms with Gasteiger partial charge in [-0.1, -0.05) is 6.92 Å². The predicted molar refractivity (Wildman–Crippen MR) is 56.3 cm³/mol. The Morgan fingerprint density at radius 3 is 2.58 bits per heavy atom. The van der Waals surface area contributed by atoms with Gasteiger partial charge in [-0.2, -0.15) is 0 Å². The fraction of sp³-hybridized carbons (Fsp3) is 0.889. The van der Waals surface area contributed by atoms with Gasteiger partial charge in [0, 0.05) is 11.6 Å². The molecule has 0 aromatic rings. The molecule has 0 saturated heterocycles. The second-order valence-electron chi connectivity index (χ2n) is 3.97. The van der Waals surface area contributed by atoms with Crippen LogP contribution in [0.25, 0.3) is 0 Å². The number of hydrogen-bond acceptors (Lipinski definition) is 1. The van der Waals surface area contributed by atoms with Crippen LogP contribution >= 0.6 is 12.2 Å². The lowest BCUT2D eigenvalue weighted by Crippen LogP contribution is -2.45. The maximum atomic E-state index is 5.16. The molecule has 1 rings (SSSR count). The second kappa shape index (κ2) is 3.60. The summed E-state index contributed by atoms with van der Waals surface area (Å²) in [4.78, 5) is 0. The lowest BCUT2D eigenvalue weighted by Gasteiger charge is -2.18. The second-order valence-corrected chi connectivity index (χ2v) is 4.38. The summed E-state index contributed by atoms with van der Waals surface area (Å²) in [5.41, 5.74) is 0.303. The zero-order chi connectivity index (χ0) is 9.19. The van der Waals surface area contributed by atoms with Gasteiger partial charge in [-0.05, 0) is 45.3 Å². The highest BCUT2D eigenvalue weighted by Crippen LogP contribution is 2.34. The van der Waals surface area contributed by atoms with Gasteiger partial charge in [-0.25, -0.2) is 0 Å². The maximum Gasteiger partial charge on any atom is 0.166 e. The summed E-state index contributed by atoms with van der Waals surface area (Å²) in [7, 11) is 0. The molecule has 3 heteroatoms. The first-order chi connectivity index (χ1) is 5.56. The first-order valence-electron chi connectivity index (χ1n) is 4.64. The first-order valence-corrected chi connectivity index (χ1v) is 5.05. The van der Waals surface area contributed by atoms with E-state index in [2.05, 4.69) is 31.4 Å². The molecule has 0 heterocycles. The predicted octanol–water partition coefficient (Wildman–Crippen LogP) is 1.80. The van der Waals surface area contributed by atoms with Gasteiger partial charge in [0.1, 0.15) is 0 Å². The molecule has 1 aliphatic carbocycles. The smallest absolute Gasteiger partial charge is 0.166 e. The van der Waals surface area contributed by atoms with Crippen molar-refractivity contribution >= 4 is 17.3 Å². The topological polar surface area (TPSA) is 24.1 Å². The molecule has 1 unspecified atom stereocenters. The summed E-state index contributed by atoms with van der Waals surface area (Å²) in [5.74, 6) is 0. The minimum Gasteiger partial charge on any atom is -0.360 e. The van der Waals surface area contributed by atoms with Crippen molar-refractivity contribution in [3.8, 4) is 0 Å². The molecule has 12 heavy (non-hydrogen) atoms. The van der Waals surface area contributed by atoms with Crippen molar-refractivity contribution in [1.29, 1.82) is 0 Å². The zero-order valence-corrected chi connectivity index (χ0v) is 8.92. The van der Waals surface area contributed by atoms with Crippen molar-refractivity contribution in [3.63, 3.8) is 0 Å². The van der Waals surface area contributed by atoms with Gasteiger partial charge in [0.25, 0.3) is 0 Å². The Labute approximate surface area is 80.1 Å². The molecule has 1 fully saturated rings. The molecule has 0 aromatic carbocycles. The van der Waals surface area contributed by atoms with Crippen LogP contribution in [0.1, 0.15) is 40.0 Å². The normalized spacial score (nSPS) is 21.2. The monoisotopic (exact) mass is 186 g/mol. The van der Waals surface area contributed by atoms with E-state index in [1.165, 1.54) is 12.8 Å². The van der Waals surface area contributed by atoms with Crippen molar-refractivity contribution < 1.29 is 0 Å². The molecule has 2 N–H and O–H groups in total. The Hall–Kier alpha value is -0.310. The summed E-state index contributed by atoms with van der Waals surface area (Å²) < 4.78 is 0. The van der Waals surface area contributed by atoms with Gasteiger partial charge >= 0.3 is 0 Å². The third-order valence-electron chi connectivity index (χ3n) is 2.41. The number of thiocarbonyl (C=S) groups is 1. The quantitative estimate of drug-likeness (QED) is 0.657. The molecule has 0 radical (unpaired) electrons. The Morgan fingerprint density at radius 1 is 1.58 bits per heavy atom. The molecule has 2 nitrogen and oxygen atoms in total. The number of hydrogen-bond donors (Lipinski definition) is 2. The number of rotatable bonds is 3. The molecule has 1 aliphatic rings. The molecule has 0 aromatic heterocycles. The van der Waals surface area contributed by atoms with Crippen molar-refractivity contribution in [3.05, 3.63) is 0 Å². The van der Waals surface area contributed by atoms with E-state index in [9.17, 15) is 0 Å². The van der Waals surface area contributed by atoms with Crippen LogP contribution in [0.3, 0.4) is 0 Å². The van der Waals surface area contributed by atoms with Crippen LogP contribution < -0.4 is 10.6 Å². The van der Waals surface area contributed by atoms with E-state index in [1.54, 1.807) is 0 Å². The van der Waals surface area contributed by atoms with Gasteiger partial charge in [0.2, 0.25) is 0 Å². The molecule has 0 aliphatic heterocycles. The van der Waals surface area contributed by atoms with Crippen LogP contribution in [0, 0.1) is 0 Å². The van der Waals surface area contributed by atoms with Crippen LogP contribution in [-0.4, -0.2) is 16.7 Å². The van der Waals surface area contributed by atoms with Crippen LogP contribution in [0.2, 0.25) is 0 Å². The Kier molecular flexibility index (Phi) is 2.94. The first kappa shape index (κ1) is 9.78. The molecule has 0 amide bonds. The summed E-state index contributed by atoms with van der Waals surface area (Å²) in [5, 5.41) is 7.37. The van der Waals surface area contributed by atoms with Gasteiger partial charge in [0.15, 0.2) is 5.11 Å². The van der Waals surface area contributed by atoms with Crippen LogP contribution in [-0.2, 0) is 0 Å². The van der Waals surface area contributed by atoms with E-state index < -0.39 is 0 Å². The third-order valence-corrected chi connectivity index (χ3v) is 2.63. The average molecular weight is 186 g/mol. The van der Waals surface area contributed by atoms with E-state index in [-0.39, 0.29) is 0 Å². The van der Waals surface area contributed by atoms with Gasteiger partial charge < -0.3 is 10.6 Å². The van der Waals surface area contributed by atoms with E-state index in [0.29, 0.717) is 11.6 Å². The minimum atomic E-state index is 0.303. The fourth-order valence-corrected chi connectivity index (χ4v) is 1.40. The van der Waals surface area contributed by atoms with Gasteiger partial charge in [0.05, 0.1) is 0 Å². The highest BCUT2D eigenvalue weighted by atomic mass is 32.1. The molecular formula is C9H18N2S. The lowest BCUT2D eigenvalue weighted by atomic mass is 10.3. The van der Waals surface area contributed by atoms with E-state index >= 15 is 0 Å². The summed E-state index contributed by atoms with van der Waals surface area (Å²) in [6.07, 6.45) is 3.60. The fourth-order valence-electron chi connectivity index (χ4n) is 0.949. The van der Waals surface area contributed by atoms with Crippen molar-refractivity contribution in [2.45, 2.75) is 51.6 Å². The zero-order valence-electron chi connectivity index (χ0n) is 8.11. The van der Waals surface area contributed by atoms with E-state index in [1.807, 2.05) is 0 Å². The summed E-state index contributed by atoms with van der Waals surface area (Å²) >= 11 is 5.16. The van der Waals surface area contributed by atoms with Crippen LogP contribution in [0.4, 0.5) is 0 Å². The number of nitrogens with one attached hydrogen (secondary N) is 2. The van der Waals surface area contributed by atoms with Crippen molar-refractivity contribution in [2.24, 2.45) is 0 Å². The molecule has 70 valence electrons. The third kappa shape index (κ3) is 2.97. The molecule has 0 bridgehead atoms. The molecule has 0 spiro atoms. The molecule has 1 saturated carbocycles. The maximum absolute atomic E-state index is 5.16. The van der Waals surface area contributed by atoms with Crippen LogP contribution in [0.15, 0.2) is 0 Å². The Balaban J connectivity index is 2.20. The van der Waals surface area contributed by atoms with Crippen LogP contribution in [0.5, 0.6) is 0 Å². The van der Waals surface area contributed by atoms with Gasteiger partial charge in [-0.15, -0.1) is 0 Å².